The fourth-order valence-electron chi connectivity index (χ4n) is 2.89. The van der Waals surface area contributed by atoms with E-state index in [9.17, 15) is 4.79 Å². The normalized spacial score (nSPS) is 10.8. The lowest BCUT2D eigenvalue weighted by molar-refractivity contribution is -0.136. The van der Waals surface area contributed by atoms with Crippen molar-refractivity contribution in [3.63, 3.8) is 0 Å². The van der Waals surface area contributed by atoms with E-state index in [0.717, 1.165) is 41.3 Å². The molecule has 0 atom stereocenters. The molecule has 0 aliphatic carbocycles. The van der Waals surface area contributed by atoms with Gasteiger partial charge < -0.3 is 14.5 Å². The Morgan fingerprint density at radius 1 is 1.07 bits per heavy atom. The van der Waals surface area contributed by atoms with Crippen molar-refractivity contribution in [1.29, 1.82) is 0 Å². The number of aryl methyl sites for hydroxylation is 1. The van der Waals surface area contributed by atoms with Gasteiger partial charge in [0, 0.05) is 29.9 Å². The summed E-state index contributed by atoms with van der Waals surface area (Å²) in [6.07, 6.45) is -0.0117. The summed E-state index contributed by atoms with van der Waals surface area (Å²) in [6, 6.07) is 11.0. The molecule has 27 heavy (non-hydrogen) atoms. The molecule has 0 amide bonds. The van der Waals surface area contributed by atoms with Crippen molar-refractivity contribution >= 4 is 11.8 Å². The van der Waals surface area contributed by atoms with Crippen LogP contribution in [-0.2, 0) is 11.2 Å². The average molecular weight is 366 g/mol. The van der Waals surface area contributed by atoms with Crippen molar-refractivity contribution in [1.82, 2.24) is 15.1 Å². The number of anilines is 1. The number of rotatable bonds is 7. The minimum absolute atomic E-state index is 0.0117. The van der Waals surface area contributed by atoms with Crippen LogP contribution in [0.3, 0.4) is 0 Å². The number of carboxylic acid groups (broad SMARTS) is 1. The molecule has 0 saturated carbocycles. The summed E-state index contributed by atoms with van der Waals surface area (Å²) in [6.45, 7) is 7.85. The Labute approximate surface area is 157 Å². The van der Waals surface area contributed by atoms with Crippen LogP contribution in [0.5, 0.6) is 0 Å². The van der Waals surface area contributed by atoms with Gasteiger partial charge in [-0.05, 0) is 38.5 Å². The Bertz CT molecular complexity index is 931. The van der Waals surface area contributed by atoms with E-state index in [0.29, 0.717) is 11.7 Å². The van der Waals surface area contributed by atoms with E-state index in [2.05, 4.69) is 33.9 Å². The van der Waals surface area contributed by atoms with Gasteiger partial charge >= 0.3 is 5.97 Å². The van der Waals surface area contributed by atoms with E-state index < -0.39 is 5.97 Å². The number of aliphatic carboxylic acids is 1. The summed E-state index contributed by atoms with van der Waals surface area (Å²) >= 11 is 0. The first-order valence-corrected chi connectivity index (χ1v) is 8.89. The van der Waals surface area contributed by atoms with Crippen molar-refractivity contribution < 1.29 is 14.4 Å². The molecule has 1 N–H and O–H groups in total. The highest BCUT2D eigenvalue weighted by molar-refractivity contribution is 5.70. The summed E-state index contributed by atoms with van der Waals surface area (Å²) in [7, 11) is 0. The maximum atomic E-state index is 10.8. The quantitative estimate of drug-likeness (QED) is 0.683. The minimum Gasteiger partial charge on any atom is -0.481 e. The molecule has 0 unspecified atom stereocenters. The largest absolute Gasteiger partial charge is 0.481 e. The van der Waals surface area contributed by atoms with Gasteiger partial charge in [-0.15, -0.1) is 0 Å². The molecule has 0 bridgehead atoms. The van der Waals surface area contributed by atoms with E-state index >= 15 is 0 Å². The summed E-state index contributed by atoms with van der Waals surface area (Å²) in [5.41, 5.74) is 3.20. The molecule has 1 aromatic carbocycles. The van der Waals surface area contributed by atoms with E-state index in [4.69, 9.17) is 9.63 Å². The zero-order chi connectivity index (χ0) is 19.4. The predicted molar refractivity (Wildman–Crippen MR) is 103 cm³/mol. The van der Waals surface area contributed by atoms with Gasteiger partial charge in [-0.3, -0.25) is 4.79 Å². The van der Waals surface area contributed by atoms with Gasteiger partial charge in [0.05, 0.1) is 6.42 Å². The lowest BCUT2D eigenvalue weighted by Gasteiger charge is -2.20. The van der Waals surface area contributed by atoms with Gasteiger partial charge in [-0.2, -0.15) is 4.98 Å². The highest BCUT2D eigenvalue weighted by atomic mass is 16.5. The molecular formula is C20H22N4O3. The molecular weight excluding hydrogens is 344 g/mol. The summed E-state index contributed by atoms with van der Waals surface area (Å²) in [5, 5.41) is 12.9. The van der Waals surface area contributed by atoms with Crippen LogP contribution in [0.4, 0.5) is 5.82 Å². The SMILES string of the molecule is CCN(CC)c1cc(-c2nc(-c3ccc(CC(=O)O)cc3)no2)cc(C)n1. The molecule has 2 aromatic heterocycles. The molecule has 0 fully saturated rings. The van der Waals surface area contributed by atoms with Crippen molar-refractivity contribution in [3.8, 4) is 22.8 Å². The molecule has 7 nitrogen and oxygen atoms in total. The number of hydrogen-bond acceptors (Lipinski definition) is 6. The first-order chi connectivity index (χ1) is 13.0. The van der Waals surface area contributed by atoms with Gasteiger partial charge in [0.15, 0.2) is 0 Å². The number of carboxylic acids is 1. The Kier molecular flexibility index (Phi) is 5.49. The minimum atomic E-state index is -0.860. The number of nitrogens with zero attached hydrogens (tertiary/aromatic N) is 4. The standard InChI is InChI=1S/C20H22N4O3/c1-4-24(5-2)17-12-16(10-13(3)21-17)20-22-19(23-27-20)15-8-6-14(7-9-15)11-18(25)26/h6-10,12H,4-5,11H2,1-3H3,(H,25,26). The molecule has 0 aliphatic heterocycles. The number of pyridine rings is 1. The second-order valence-electron chi connectivity index (χ2n) is 6.22. The fourth-order valence-corrected chi connectivity index (χ4v) is 2.89. The summed E-state index contributed by atoms with van der Waals surface area (Å²) < 4.78 is 5.46. The Hall–Kier alpha value is -3.22. The van der Waals surface area contributed by atoms with E-state index in [1.54, 1.807) is 24.3 Å². The van der Waals surface area contributed by atoms with Crippen molar-refractivity contribution in [2.24, 2.45) is 0 Å². The molecule has 0 aliphatic rings. The summed E-state index contributed by atoms with van der Waals surface area (Å²) in [4.78, 5) is 22.0. The third-order valence-corrected chi connectivity index (χ3v) is 4.27. The Morgan fingerprint density at radius 3 is 2.41 bits per heavy atom. The molecule has 7 heteroatoms. The van der Waals surface area contributed by atoms with Crippen LogP contribution in [-0.4, -0.2) is 39.3 Å². The van der Waals surface area contributed by atoms with Gasteiger partial charge in [0.2, 0.25) is 5.82 Å². The van der Waals surface area contributed by atoms with Crippen LogP contribution in [0.15, 0.2) is 40.9 Å². The maximum Gasteiger partial charge on any atom is 0.307 e. The van der Waals surface area contributed by atoms with Crippen LogP contribution in [0.25, 0.3) is 22.8 Å². The smallest absolute Gasteiger partial charge is 0.307 e. The highest BCUT2D eigenvalue weighted by Crippen LogP contribution is 2.26. The third kappa shape index (κ3) is 4.31. The number of benzene rings is 1. The van der Waals surface area contributed by atoms with Gasteiger partial charge in [-0.25, -0.2) is 4.98 Å². The Balaban J connectivity index is 1.88. The van der Waals surface area contributed by atoms with Crippen LogP contribution in [0, 0.1) is 6.92 Å². The molecule has 0 saturated heterocycles. The van der Waals surface area contributed by atoms with Crippen molar-refractivity contribution in [2.45, 2.75) is 27.2 Å². The zero-order valence-electron chi connectivity index (χ0n) is 15.6. The first-order valence-electron chi connectivity index (χ1n) is 8.89. The van der Waals surface area contributed by atoms with Gasteiger partial charge in [-0.1, -0.05) is 29.4 Å². The van der Waals surface area contributed by atoms with E-state index in [1.807, 2.05) is 19.1 Å². The Morgan fingerprint density at radius 2 is 1.78 bits per heavy atom. The molecule has 3 aromatic rings. The predicted octanol–water partition coefficient (Wildman–Crippen LogP) is 3.58. The van der Waals surface area contributed by atoms with Crippen LogP contribution in [0.1, 0.15) is 25.1 Å². The van der Waals surface area contributed by atoms with Crippen LogP contribution < -0.4 is 4.90 Å². The van der Waals surface area contributed by atoms with Crippen LogP contribution in [0.2, 0.25) is 0 Å². The second kappa shape index (κ2) is 7.99. The summed E-state index contributed by atoms with van der Waals surface area (Å²) in [5.74, 6) is 0.915. The van der Waals surface area contributed by atoms with E-state index in [-0.39, 0.29) is 6.42 Å². The number of hydrogen-bond donors (Lipinski definition) is 1. The third-order valence-electron chi connectivity index (χ3n) is 4.27. The molecule has 0 radical (unpaired) electrons. The first kappa shape index (κ1) is 18.6. The van der Waals surface area contributed by atoms with Gasteiger partial charge in [0.25, 0.3) is 5.89 Å². The van der Waals surface area contributed by atoms with Crippen molar-refractivity contribution in [2.75, 3.05) is 18.0 Å². The van der Waals surface area contributed by atoms with Crippen molar-refractivity contribution in [3.05, 3.63) is 47.7 Å². The maximum absolute atomic E-state index is 10.8. The fraction of sp³-hybridized carbons (Fsp3) is 0.300. The number of aromatic nitrogens is 3. The molecule has 2 heterocycles. The monoisotopic (exact) mass is 366 g/mol. The molecule has 0 spiro atoms. The average Bonchev–Trinajstić information content (AvgIpc) is 3.13. The van der Waals surface area contributed by atoms with Crippen LogP contribution >= 0.6 is 0 Å². The molecule has 3 rings (SSSR count). The lowest BCUT2D eigenvalue weighted by atomic mass is 10.1. The molecule has 140 valence electrons. The zero-order valence-corrected chi connectivity index (χ0v) is 15.6. The van der Waals surface area contributed by atoms with Gasteiger partial charge in [0.1, 0.15) is 5.82 Å². The van der Waals surface area contributed by atoms with E-state index in [1.165, 1.54) is 0 Å². The topological polar surface area (TPSA) is 92.4 Å². The lowest BCUT2D eigenvalue weighted by Crippen LogP contribution is -2.23. The number of carbonyl (C=O) groups is 1. The second-order valence-corrected chi connectivity index (χ2v) is 6.22. The highest BCUT2D eigenvalue weighted by Gasteiger charge is 2.14.